The van der Waals surface area contributed by atoms with Gasteiger partial charge in [-0.1, -0.05) is 18.2 Å². The van der Waals surface area contributed by atoms with E-state index in [4.69, 9.17) is 0 Å². The average Bonchev–Trinajstić information content (AvgIpc) is 3.20. The number of aryl methyl sites for hydroxylation is 1. The Bertz CT molecular complexity index is 1020. The van der Waals surface area contributed by atoms with Crippen molar-refractivity contribution in [1.29, 1.82) is 0 Å². The quantitative estimate of drug-likeness (QED) is 0.676. The van der Waals surface area contributed by atoms with Gasteiger partial charge in [0.2, 0.25) is 5.91 Å². The largest absolute Gasteiger partial charge is 0.319 e. The standard InChI is InChI=1S/C20H26N6O2/c1-5-25-13-16(11-21-25)12-23(3)14-18(27)22-19-15(2)24(4)26(20(19)28)17-9-7-6-8-10-17/h6-11,13H,5,12,14H2,1-4H3,(H,22,27). The van der Waals surface area contributed by atoms with Crippen LogP contribution in [0.2, 0.25) is 0 Å². The molecule has 8 nitrogen and oxygen atoms in total. The van der Waals surface area contributed by atoms with Crippen molar-refractivity contribution in [3.63, 3.8) is 0 Å². The van der Waals surface area contributed by atoms with Crippen molar-refractivity contribution in [3.05, 3.63) is 64.3 Å². The normalized spacial score (nSPS) is 11.2. The topological polar surface area (TPSA) is 77.1 Å². The lowest BCUT2D eigenvalue weighted by Crippen LogP contribution is -2.31. The second-order valence-electron chi connectivity index (χ2n) is 6.86. The summed E-state index contributed by atoms with van der Waals surface area (Å²) in [5, 5.41) is 7.03. The van der Waals surface area contributed by atoms with Crippen molar-refractivity contribution in [3.8, 4) is 5.69 Å². The minimum absolute atomic E-state index is 0.177. The average molecular weight is 382 g/mol. The van der Waals surface area contributed by atoms with Crippen LogP contribution in [0.3, 0.4) is 0 Å². The van der Waals surface area contributed by atoms with Crippen molar-refractivity contribution in [2.45, 2.75) is 26.9 Å². The molecule has 0 radical (unpaired) electrons. The van der Waals surface area contributed by atoms with Crippen LogP contribution in [0, 0.1) is 6.92 Å². The Hall–Kier alpha value is -3.13. The summed E-state index contributed by atoms with van der Waals surface area (Å²) < 4.78 is 5.15. The highest BCUT2D eigenvalue weighted by atomic mass is 16.2. The number of rotatable bonds is 7. The van der Waals surface area contributed by atoms with Gasteiger partial charge in [0.1, 0.15) is 5.69 Å². The maximum Gasteiger partial charge on any atom is 0.295 e. The molecule has 1 amide bonds. The van der Waals surface area contributed by atoms with E-state index in [0.717, 1.165) is 17.8 Å². The molecule has 0 aliphatic carbocycles. The molecule has 0 saturated carbocycles. The Kier molecular flexibility index (Phi) is 5.79. The molecule has 0 unspecified atom stereocenters. The first kappa shape index (κ1) is 19.6. The molecule has 8 heteroatoms. The number of aromatic nitrogens is 4. The van der Waals surface area contributed by atoms with Crippen LogP contribution in [-0.2, 0) is 24.9 Å². The molecular weight excluding hydrogens is 356 g/mol. The first-order valence-corrected chi connectivity index (χ1v) is 9.24. The van der Waals surface area contributed by atoms with Crippen LogP contribution in [0.15, 0.2) is 47.5 Å². The minimum Gasteiger partial charge on any atom is -0.319 e. The Morgan fingerprint density at radius 3 is 2.61 bits per heavy atom. The molecule has 3 aromatic rings. The van der Waals surface area contributed by atoms with Crippen LogP contribution in [0.5, 0.6) is 0 Å². The second-order valence-corrected chi connectivity index (χ2v) is 6.86. The minimum atomic E-state index is -0.244. The summed E-state index contributed by atoms with van der Waals surface area (Å²) in [5.41, 5.74) is 2.56. The van der Waals surface area contributed by atoms with Gasteiger partial charge in [0.25, 0.3) is 5.56 Å². The number of anilines is 1. The fraction of sp³-hybridized carbons (Fsp3) is 0.350. The molecule has 0 fully saturated rings. The van der Waals surface area contributed by atoms with Gasteiger partial charge >= 0.3 is 0 Å². The zero-order valence-electron chi connectivity index (χ0n) is 16.7. The van der Waals surface area contributed by atoms with Crippen LogP contribution in [-0.4, -0.2) is 43.5 Å². The van der Waals surface area contributed by atoms with Crippen molar-refractivity contribution >= 4 is 11.6 Å². The van der Waals surface area contributed by atoms with Gasteiger partial charge in [-0.05, 0) is 33.0 Å². The van der Waals surface area contributed by atoms with Gasteiger partial charge in [0.15, 0.2) is 0 Å². The second kappa shape index (κ2) is 8.26. The van der Waals surface area contributed by atoms with E-state index in [1.807, 2.05) is 67.0 Å². The van der Waals surface area contributed by atoms with Gasteiger partial charge in [-0.3, -0.25) is 23.9 Å². The number of hydrogen-bond donors (Lipinski definition) is 1. The number of carbonyl (C=O) groups is 1. The van der Waals surface area contributed by atoms with Crippen molar-refractivity contribution in [2.75, 3.05) is 18.9 Å². The van der Waals surface area contributed by atoms with Gasteiger partial charge < -0.3 is 5.32 Å². The summed E-state index contributed by atoms with van der Waals surface area (Å²) in [4.78, 5) is 27.3. The summed E-state index contributed by atoms with van der Waals surface area (Å²) in [6, 6.07) is 9.36. The van der Waals surface area contributed by atoms with Crippen LogP contribution < -0.4 is 10.9 Å². The number of nitrogens with one attached hydrogen (secondary N) is 1. The lowest BCUT2D eigenvalue weighted by atomic mass is 10.3. The third kappa shape index (κ3) is 4.07. The molecule has 0 aliphatic rings. The van der Waals surface area contributed by atoms with E-state index in [2.05, 4.69) is 10.4 Å². The summed E-state index contributed by atoms with van der Waals surface area (Å²) in [7, 11) is 3.67. The van der Waals surface area contributed by atoms with E-state index in [1.54, 1.807) is 22.6 Å². The van der Waals surface area contributed by atoms with Crippen molar-refractivity contribution in [1.82, 2.24) is 24.0 Å². The first-order valence-electron chi connectivity index (χ1n) is 9.24. The molecule has 148 valence electrons. The number of para-hydroxylation sites is 1. The van der Waals surface area contributed by atoms with Crippen LogP contribution >= 0.6 is 0 Å². The zero-order chi connectivity index (χ0) is 20.3. The molecule has 0 saturated heterocycles. The number of benzene rings is 1. The highest BCUT2D eigenvalue weighted by molar-refractivity contribution is 5.92. The molecule has 0 aliphatic heterocycles. The van der Waals surface area contributed by atoms with E-state index in [1.165, 1.54) is 0 Å². The van der Waals surface area contributed by atoms with Gasteiger partial charge in [0, 0.05) is 31.9 Å². The van der Waals surface area contributed by atoms with Gasteiger partial charge in [0.05, 0.1) is 24.1 Å². The maximum atomic E-state index is 12.9. The fourth-order valence-electron chi connectivity index (χ4n) is 3.16. The van der Waals surface area contributed by atoms with E-state index in [9.17, 15) is 9.59 Å². The Balaban J connectivity index is 1.71. The summed E-state index contributed by atoms with van der Waals surface area (Å²) >= 11 is 0. The third-order valence-electron chi connectivity index (χ3n) is 4.70. The molecule has 0 spiro atoms. The lowest BCUT2D eigenvalue weighted by Gasteiger charge is -2.14. The molecule has 0 atom stereocenters. The van der Waals surface area contributed by atoms with Crippen LogP contribution in [0.1, 0.15) is 18.2 Å². The van der Waals surface area contributed by atoms with E-state index >= 15 is 0 Å². The Labute approximate surface area is 164 Å². The number of amides is 1. The van der Waals surface area contributed by atoms with Gasteiger partial charge in [-0.15, -0.1) is 0 Å². The first-order chi connectivity index (χ1) is 13.4. The summed E-state index contributed by atoms with van der Waals surface area (Å²) in [5.74, 6) is -0.226. The Morgan fingerprint density at radius 2 is 1.96 bits per heavy atom. The highest BCUT2D eigenvalue weighted by Crippen LogP contribution is 2.14. The molecule has 2 heterocycles. The third-order valence-corrected chi connectivity index (χ3v) is 4.70. The molecule has 28 heavy (non-hydrogen) atoms. The molecule has 2 aromatic heterocycles. The fourth-order valence-corrected chi connectivity index (χ4v) is 3.16. The smallest absolute Gasteiger partial charge is 0.295 e. The monoisotopic (exact) mass is 382 g/mol. The number of likely N-dealkylation sites (N-methyl/N-ethyl adjacent to an activating group) is 1. The zero-order valence-corrected chi connectivity index (χ0v) is 16.7. The lowest BCUT2D eigenvalue weighted by molar-refractivity contribution is -0.117. The summed E-state index contributed by atoms with van der Waals surface area (Å²) in [6.45, 7) is 5.44. The summed E-state index contributed by atoms with van der Waals surface area (Å²) in [6.07, 6.45) is 3.77. The van der Waals surface area contributed by atoms with Gasteiger partial charge in [-0.25, -0.2) is 4.68 Å². The van der Waals surface area contributed by atoms with Gasteiger partial charge in [-0.2, -0.15) is 5.10 Å². The molecule has 1 N–H and O–H groups in total. The number of carbonyl (C=O) groups excluding carboxylic acids is 1. The Morgan fingerprint density at radius 1 is 1.25 bits per heavy atom. The maximum absolute atomic E-state index is 12.9. The van der Waals surface area contributed by atoms with E-state index in [-0.39, 0.29) is 18.0 Å². The predicted molar refractivity (Wildman–Crippen MR) is 109 cm³/mol. The van der Waals surface area contributed by atoms with E-state index in [0.29, 0.717) is 17.9 Å². The SMILES string of the molecule is CCn1cc(CN(C)CC(=O)Nc2c(C)n(C)n(-c3ccccc3)c2=O)cn1. The van der Waals surface area contributed by atoms with Crippen molar-refractivity contribution < 1.29 is 4.79 Å². The van der Waals surface area contributed by atoms with Crippen LogP contribution in [0.4, 0.5) is 5.69 Å². The molecule has 0 bridgehead atoms. The van der Waals surface area contributed by atoms with Crippen LogP contribution in [0.25, 0.3) is 5.69 Å². The molecular formula is C20H26N6O2. The molecule has 1 aromatic carbocycles. The van der Waals surface area contributed by atoms with Crippen molar-refractivity contribution in [2.24, 2.45) is 7.05 Å². The molecule has 3 rings (SSSR count). The highest BCUT2D eigenvalue weighted by Gasteiger charge is 2.18. The van der Waals surface area contributed by atoms with E-state index < -0.39 is 0 Å². The number of nitrogens with zero attached hydrogens (tertiary/aromatic N) is 5. The number of hydrogen-bond acceptors (Lipinski definition) is 4. The predicted octanol–water partition coefficient (Wildman–Crippen LogP) is 1.77.